The monoisotopic (exact) mass is 396 g/mol. The number of carbonyl (C=O) groups excluding carboxylic acids is 1. The quantitative estimate of drug-likeness (QED) is 0.612. The third kappa shape index (κ3) is 3.56. The summed E-state index contributed by atoms with van der Waals surface area (Å²) >= 11 is 0. The fourth-order valence-electron chi connectivity index (χ4n) is 3.22. The number of aromatic nitrogens is 3. The number of fused-ring (bicyclic) bond motifs is 3. The van der Waals surface area contributed by atoms with Gasteiger partial charge in [-0.1, -0.05) is 6.07 Å². The Hall–Kier alpha value is -3.33. The minimum atomic E-state index is -0.247. The molecule has 2 atom stereocenters. The third-order valence-corrected chi connectivity index (χ3v) is 5.07. The molecular weight excluding hydrogens is 372 g/mol. The second kappa shape index (κ2) is 7.59. The standard InChI is InChI=1S/C20H24N6O3/c1-11-12(2)29-10-13-5-6-16(28-4)15(7-13)24-17-8-18(21-3)26-19(25-17)14(9-22-26)20(27)23-11/h5-9,11-12,21H,10H2,1-4H3,(H,23,27)(H,24,25)/t11-,12?/m0/s1. The van der Waals surface area contributed by atoms with Gasteiger partial charge in [0.25, 0.3) is 5.91 Å². The third-order valence-electron chi connectivity index (χ3n) is 5.07. The van der Waals surface area contributed by atoms with Crippen molar-refractivity contribution in [2.45, 2.75) is 32.6 Å². The van der Waals surface area contributed by atoms with Crippen LogP contribution < -0.4 is 20.7 Å². The number of ether oxygens (including phenoxy) is 2. The number of hydrogen-bond donors (Lipinski definition) is 3. The van der Waals surface area contributed by atoms with Crippen LogP contribution in [0, 0.1) is 0 Å². The van der Waals surface area contributed by atoms with Crippen LogP contribution in [-0.4, -0.2) is 46.8 Å². The van der Waals surface area contributed by atoms with Crippen LogP contribution in [0.1, 0.15) is 29.8 Å². The SMILES string of the molecule is CNc1cc2nc3c(cnn13)C(=O)N[C@@H](C)C(C)OCc1ccc(OC)c(c1)N2. The fourth-order valence-corrected chi connectivity index (χ4v) is 3.22. The van der Waals surface area contributed by atoms with Crippen LogP contribution in [0.3, 0.4) is 0 Å². The number of carbonyl (C=O) groups is 1. The van der Waals surface area contributed by atoms with Crippen molar-refractivity contribution in [2.75, 3.05) is 24.8 Å². The zero-order chi connectivity index (χ0) is 20.5. The van der Waals surface area contributed by atoms with Gasteiger partial charge in [0.1, 0.15) is 22.9 Å². The van der Waals surface area contributed by atoms with E-state index in [1.54, 1.807) is 18.7 Å². The van der Waals surface area contributed by atoms with Gasteiger partial charge >= 0.3 is 0 Å². The zero-order valence-corrected chi connectivity index (χ0v) is 16.8. The average molecular weight is 396 g/mol. The summed E-state index contributed by atoms with van der Waals surface area (Å²) in [7, 11) is 3.41. The molecule has 2 aromatic heterocycles. The number of amides is 1. The molecular formula is C20H24N6O3. The Morgan fingerprint density at radius 1 is 1.31 bits per heavy atom. The molecule has 1 aliphatic rings. The largest absolute Gasteiger partial charge is 0.495 e. The maximum absolute atomic E-state index is 12.9. The van der Waals surface area contributed by atoms with Crippen molar-refractivity contribution in [3.63, 3.8) is 0 Å². The summed E-state index contributed by atoms with van der Waals surface area (Å²) in [5.41, 5.74) is 2.58. The summed E-state index contributed by atoms with van der Waals surface area (Å²) in [5, 5.41) is 13.7. The van der Waals surface area contributed by atoms with E-state index >= 15 is 0 Å². The van der Waals surface area contributed by atoms with Gasteiger partial charge < -0.3 is 25.4 Å². The van der Waals surface area contributed by atoms with Crippen molar-refractivity contribution in [3.05, 3.63) is 41.6 Å². The first-order valence-corrected chi connectivity index (χ1v) is 9.43. The zero-order valence-electron chi connectivity index (χ0n) is 16.8. The molecule has 1 unspecified atom stereocenters. The van der Waals surface area contributed by atoms with E-state index in [2.05, 4.69) is 26.0 Å². The van der Waals surface area contributed by atoms with E-state index in [0.29, 0.717) is 35.2 Å². The predicted molar refractivity (Wildman–Crippen MR) is 110 cm³/mol. The molecule has 9 nitrogen and oxygen atoms in total. The Balaban J connectivity index is 1.89. The van der Waals surface area contributed by atoms with Crippen LogP contribution in [0.4, 0.5) is 17.3 Å². The summed E-state index contributed by atoms with van der Waals surface area (Å²) in [5.74, 6) is 1.69. The van der Waals surface area contributed by atoms with Gasteiger partial charge in [-0.3, -0.25) is 4.79 Å². The highest BCUT2D eigenvalue weighted by Crippen LogP contribution is 2.30. The van der Waals surface area contributed by atoms with Crippen molar-refractivity contribution in [1.29, 1.82) is 0 Å². The maximum Gasteiger partial charge on any atom is 0.257 e. The number of nitrogens with zero attached hydrogens (tertiary/aromatic N) is 3. The number of nitrogens with one attached hydrogen (secondary N) is 3. The Morgan fingerprint density at radius 2 is 2.14 bits per heavy atom. The lowest BCUT2D eigenvalue weighted by atomic mass is 10.1. The summed E-state index contributed by atoms with van der Waals surface area (Å²) in [6.07, 6.45) is 1.34. The van der Waals surface area contributed by atoms with Crippen molar-refractivity contribution < 1.29 is 14.3 Å². The van der Waals surface area contributed by atoms with Crippen molar-refractivity contribution in [2.24, 2.45) is 0 Å². The summed E-state index contributed by atoms with van der Waals surface area (Å²) in [6.45, 7) is 4.26. The van der Waals surface area contributed by atoms with E-state index in [-0.39, 0.29) is 18.1 Å². The molecule has 1 aliphatic heterocycles. The molecule has 0 radical (unpaired) electrons. The van der Waals surface area contributed by atoms with E-state index in [9.17, 15) is 4.79 Å². The molecule has 0 saturated carbocycles. The summed E-state index contributed by atoms with van der Waals surface area (Å²) in [4.78, 5) is 17.5. The molecule has 9 heteroatoms. The van der Waals surface area contributed by atoms with Crippen LogP contribution in [-0.2, 0) is 11.3 Å². The van der Waals surface area contributed by atoms with Gasteiger partial charge in [0.15, 0.2) is 5.65 Å². The van der Waals surface area contributed by atoms with Gasteiger partial charge in [0, 0.05) is 13.1 Å². The molecule has 0 fully saturated rings. The summed E-state index contributed by atoms with van der Waals surface area (Å²) in [6, 6.07) is 7.45. The Morgan fingerprint density at radius 3 is 2.90 bits per heavy atom. The lowest BCUT2D eigenvalue weighted by molar-refractivity contribution is 0.0303. The van der Waals surface area contributed by atoms with Crippen molar-refractivity contribution in [1.82, 2.24) is 19.9 Å². The van der Waals surface area contributed by atoms with E-state index in [4.69, 9.17) is 9.47 Å². The normalized spacial score (nSPS) is 19.4. The molecule has 0 saturated heterocycles. The molecule has 3 aromatic rings. The van der Waals surface area contributed by atoms with Crippen LogP contribution in [0.25, 0.3) is 5.65 Å². The van der Waals surface area contributed by atoms with E-state index in [1.807, 2.05) is 38.1 Å². The lowest BCUT2D eigenvalue weighted by Gasteiger charge is -2.22. The molecule has 0 aliphatic carbocycles. The molecule has 4 bridgehead atoms. The highest BCUT2D eigenvalue weighted by molar-refractivity contribution is 6.00. The first kappa shape index (κ1) is 19.0. The molecule has 4 rings (SSSR count). The van der Waals surface area contributed by atoms with E-state index < -0.39 is 0 Å². The minimum Gasteiger partial charge on any atom is -0.495 e. The van der Waals surface area contributed by atoms with Crippen LogP contribution in [0.5, 0.6) is 5.75 Å². The maximum atomic E-state index is 12.9. The van der Waals surface area contributed by atoms with Crippen LogP contribution in [0.2, 0.25) is 0 Å². The number of anilines is 3. The van der Waals surface area contributed by atoms with Crippen molar-refractivity contribution in [3.8, 4) is 5.75 Å². The lowest BCUT2D eigenvalue weighted by Crippen LogP contribution is -2.41. The van der Waals surface area contributed by atoms with Gasteiger partial charge in [-0.15, -0.1) is 0 Å². The first-order chi connectivity index (χ1) is 14.0. The average Bonchev–Trinajstić information content (AvgIpc) is 3.15. The number of benzene rings is 1. The number of methoxy groups -OCH3 is 1. The minimum absolute atomic E-state index is 0.182. The second-order valence-electron chi connectivity index (χ2n) is 7.01. The Labute approximate surface area is 168 Å². The molecule has 0 spiro atoms. The fraction of sp³-hybridized carbons (Fsp3) is 0.350. The summed E-state index contributed by atoms with van der Waals surface area (Å²) < 4.78 is 13.1. The second-order valence-corrected chi connectivity index (χ2v) is 7.01. The van der Waals surface area contributed by atoms with Gasteiger partial charge in [-0.2, -0.15) is 9.61 Å². The van der Waals surface area contributed by atoms with Gasteiger partial charge in [-0.05, 0) is 31.5 Å². The van der Waals surface area contributed by atoms with Crippen LogP contribution >= 0.6 is 0 Å². The number of hydrogen-bond acceptors (Lipinski definition) is 7. The van der Waals surface area contributed by atoms with Crippen molar-refractivity contribution >= 4 is 28.9 Å². The Kier molecular flexibility index (Phi) is 4.98. The van der Waals surface area contributed by atoms with Gasteiger partial charge in [0.05, 0.1) is 37.7 Å². The molecule has 3 heterocycles. The first-order valence-electron chi connectivity index (χ1n) is 9.43. The highest BCUT2D eigenvalue weighted by atomic mass is 16.5. The van der Waals surface area contributed by atoms with E-state index in [0.717, 1.165) is 11.3 Å². The molecule has 1 aromatic carbocycles. The highest BCUT2D eigenvalue weighted by Gasteiger charge is 2.22. The topological polar surface area (TPSA) is 102 Å². The van der Waals surface area contributed by atoms with Gasteiger partial charge in [-0.25, -0.2) is 4.98 Å². The molecule has 152 valence electrons. The van der Waals surface area contributed by atoms with E-state index in [1.165, 1.54) is 6.20 Å². The molecule has 29 heavy (non-hydrogen) atoms. The molecule has 1 amide bonds. The number of rotatable bonds is 2. The predicted octanol–water partition coefficient (Wildman–Crippen LogP) is 2.56. The van der Waals surface area contributed by atoms with Crippen LogP contribution in [0.15, 0.2) is 30.5 Å². The van der Waals surface area contributed by atoms with Gasteiger partial charge in [0.2, 0.25) is 0 Å². The Bertz CT molecular complexity index is 1060. The smallest absolute Gasteiger partial charge is 0.257 e. The molecule has 3 N–H and O–H groups in total.